The Hall–Kier alpha value is -2.52. The van der Waals surface area contributed by atoms with E-state index in [9.17, 15) is 23.1 Å². The number of amidine groups is 1. The maximum atomic E-state index is 12.9. The maximum Gasteiger partial charge on any atom is 0.416 e. The lowest BCUT2D eigenvalue weighted by Gasteiger charge is -2.12. The highest BCUT2D eigenvalue weighted by Crippen LogP contribution is 2.33. The van der Waals surface area contributed by atoms with E-state index < -0.39 is 17.0 Å². The van der Waals surface area contributed by atoms with Crippen molar-refractivity contribution in [3.05, 3.63) is 64.2 Å². The minimum absolute atomic E-state index is 0.0277. The smallest absolute Gasteiger partial charge is 0.416 e. The summed E-state index contributed by atoms with van der Waals surface area (Å²) in [5.41, 5.74) is 0.115. The van der Waals surface area contributed by atoms with Gasteiger partial charge >= 0.3 is 6.18 Å². The molecule has 0 radical (unpaired) electrons. The van der Waals surface area contributed by atoms with Crippen LogP contribution < -0.4 is 5.32 Å². The second-order valence-corrected chi connectivity index (χ2v) is 7.44. The summed E-state index contributed by atoms with van der Waals surface area (Å²) in [6.45, 7) is 0. The topological polar surface area (TPSA) is 74.0 Å². The number of nitrogens with zero attached hydrogens (tertiary/aromatic N) is 2. The Kier molecular flexibility index (Phi) is 5.95. The summed E-state index contributed by atoms with van der Waals surface area (Å²) in [5.74, 6) is -0.254. The Labute approximate surface area is 167 Å². The van der Waals surface area contributed by atoms with Gasteiger partial charge in [-0.2, -0.15) is 18.3 Å². The molecule has 2 aromatic rings. The molecular formula is C18H13ClF3N3O2S. The highest BCUT2D eigenvalue weighted by molar-refractivity contribution is 8.15. The Morgan fingerprint density at radius 2 is 1.93 bits per heavy atom. The molecule has 2 N–H and O–H groups in total. The molecule has 0 spiro atoms. The summed E-state index contributed by atoms with van der Waals surface area (Å²) < 4.78 is 38.6. The van der Waals surface area contributed by atoms with Crippen LogP contribution in [0.15, 0.2) is 52.7 Å². The number of phenolic OH excluding ortho intramolecular Hbond substituents is 1. The number of alkyl halides is 3. The molecule has 0 aliphatic carbocycles. The van der Waals surface area contributed by atoms with Gasteiger partial charge in [0.05, 0.1) is 17.0 Å². The number of aromatic hydroxyl groups is 1. The van der Waals surface area contributed by atoms with Gasteiger partial charge < -0.3 is 10.4 Å². The number of amides is 1. The van der Waals surface area contributed by atoms with Crippen LogP contribution in [0.25, 0.3) is 0 Å². The summed E-state index contributed by atoms with van der Waals surface area (Å²) in [4.78, 5) is 12.1. The van der Waals surface area contributed by atoms with Crippen molar-refractivity contribution in [2.75, 3.05) is 0 Å². The monoisotopic (exact) mass is 427 g/mol. The molecule has 2 aromatic carbocycles. The third kappa shape index (κ3) is 5.05. The van der Waals surface area contributed by atoms with Gasteiger partial charge in [0, 0.05) is 5.02 Å². The van der Waals surface area contributed by atoms with Crippen molar-refractivity contribution in [2.45, 2.75) is 17.8 Å². The zero-order valence-electron chi connectivity index (χ0n) is 14.1. The summed E-state index contributed by atoms with van der Waals surface area (Å²) in [6.07, 6.45) is -3.02. The average molecular weight is 428 g/mol. The van der Waals surface area contributed by atoms with E-state index in [4.69, 9.17) is 11.6 Å². The van der Waals surface area contributed by atoms with Crippen molar-refractivity contribution in [1.82, 2.24) is 5.32 Å². The van der Waals surface area contributed by atoms with Crippen LogP contribution >= 0.6 is 23.4 Å². The Morgan fingerprint density at radius 3 is 2.61 bits per heavy atom. The first kappa shape index (κ1) is 20.2. The van der Waals surface area contributed by atoms with Gasteiger partial charge in [-0.25, -0.2) is 0 Å². The number of thioether (sulfide) groups is 1. The van der Waals surface area contributed by atoms with Crippen molar-refractivity contribution >= 4 is 40.7 Å². The number of hydrogen-bond donors (Lipinski definition) is 2. The van der Waals surface area contributed by atoms with Crippen LogP contribution in [0.1, 0.15) is 16.7 Å². The fourth-order valence-corrected chi connectivity index (χ4v) is 3.55. The minimum atomic E-state index is -4.49. The summed E-state index contributed by atoms with van der Waals surface area (Å²) in [6, 6.07) is 9.29. The van der Waals surface area contributed by atoms with Crippen molar-refractivity contribution in [3.8, 4) is 5.75 Å². The Morgan fingerprint density at radius 1 is 1.21 bits per heavy atom. The predicted octanol–water partition coefficient (Wildman–Crippen LogP) is 4.23. The van der Waals surface area contributed by atoms with Crippen LogP contribution in [-0.2, 0) is 17.4 Å². The molecule has 1 unspecified atom stereocenters. The van der Waals surface area contributed by atoms with E-state index in [0.29, 0.717) is 5.56 Å². The van der Waals surface area contributed by atoms with E-state index in [1.54, 1.807) is 12.1 Å². The molecule has 1 saturated heterocycles. The number of carbonyl (C=O) groups excluding carboxylic acids is 1. The van der Waals surface area contributed by atoms with E-state index in [0.717, 1.165) is 23.9 Å². The normalized spacial score (nSPS) is 18.8. The zero-order valence-corrected chi connectivity index (χ0v) is 15.6. The van der Waals surface area contributed by atoms with Crippen molar-refractivity contribution in [3.63, 3.8) is 0 Å². The summed E-state index contributed by atoms with van der Waals surface area (Å²) in [7, 11) is 0. The van der Waals surface area contributed by atoms with E-state index >= 15 is 0 Å². The van der Waals surface area contributed by atoms with Crippen molar-refractivity contribution < 1.29 is 23.1 Å². The van der Waals surface area contributed by atoms with Gasteiger partial charge in [-0.05, 0) is 60.0 Å². The van der Waals surface area contributed by atoms with Gasteiger partial charge in [0.15, 0.2) is 5.17 Å². The highest BCUT2D eigenvalue weighted by Gasteiger charge is 2.34. The van der Waals surface area contributed by atoms with Gasteiger partial charge in [0.1, 0.15) is 5.75 Å². The maximum absolute atomic E-state index is 12.9. The molecule has 1 aliphatic rings. The second-order valence-electron chi connectivity index (χ2n) is 5.85. The molecule has 28 heavy (non-hydrogen) atoms. The molecule has 0 aromatic heterocycles. The number of halogens is 4. The van der Waals surface area contributed by atoms with Crippen LogP contribution in [0, 0.1) is 0 Å². The van der Waals surface area contributed by atoms with Gasteiger partial charge in [-0.1, -0.05) is 23.4 Å². The molecular weight excluding hydrogens is 415 g/mol. The standard InChI is InChI=1S/C18H13ClF3N3O2S/c19-14-6-3-12(18(20,21)22)7-11(14)8-15-16(27)24-17(28-15)25-23-9-10-1-4-13(26)5-2-10/h1-7,9,15,26H,8H2,(H,24,25,27)/b23-9+. The van der Waals surface area contributed by atoms with Crippen molar-refractivity contribution in [2.24, 2.45) is 10.2 Å². The van der Waals surface area contributed by atoms with Crippen LogP contribution in [0.2, 0.25) is 5.02 Å². The first-order valence-corrected chi connectivity index (χ1v) is 9.21. The molecule has 5 nitrogen and oxygen atoms in total. The minimum Gasteiger partial charge on any atom is -0.508 e. The third-order valence-corrected chi connectivity index (χ3v) is 5.24. The van der Waals surface area contributed by atoms with Crippen molar-refractivity contribution in [1.29, 1.82) is 0 Å². The number of rotatable bonds is 4. The van der Waals surface area contributed by atoms with Crippen LogP contribution in [0.3, 0.4) is 0 Å². The lowest BCUT2D eigenvalue weighted by Crippen LogP contribution is -2.26. The first-order valence-electron chi connectivity index (χ1n) is 7.95. The second kappa shape index (κ2) is 8.24. The quantitative estimate of drug-likeness (QED) is 0.566. The van der Waals surface area contributed by atoms with Gasteiger partial charge in [0.25, 0.3) is 0 Å². The fraction of sp³-hybridized carbons (Fsp3) is 0.167. The number of nitrogens with one attached hydrogen (secondary N) is 1. The summed E-state index contributed by atoms with van der Waals surface area (Å²) >= 11 is 7.06. The number of hydrogen-bond acceptors (Lipinski definition) is 5. The molecule has 1 fully saturated rings. The molecule has 10 heteroatoms. The van der Waals surface area contributed by atoms with Gasteiger partial charge in [-0.15, -0.1) is 5.10 Å². The molecule has 146 valence electrons. The van der Waals surface area contributed by atoms with Crippen LogP contribution in [0.5, 0.6) is 5.75 Å². The number of benzene rings is 2. The SMILES string of the molecule is O=C1N/C(=N\N=C\c2ccc(O)cc2)SC1Cc1cc(C(F)(F)F)ccc1Cl. The highest BCUT2D eigenvalue weighted by atomic mass is 35.5. The Bertz CT molecular complexity index is 946. The molecule has 1 heterocycles. The van der Waals surface area contributed by atoms with E-state index in [2.05, 4.69) is 15.5 Å². The molecule has 1 amide bonds. The van der Waals surface area contributed by atoms with E-state index in [1.807, 2.05) is 0 Å². The zero-order chi connectivity index (χ0) is 20.3. The third-order valence-electron chi connectivity index (χ3n) is 3.80. The average Bonchev–Trinajstić information content (AvgIpc) is 2.97. The molecule has 1 aliphatic heterocycles. The molecule has 1 atom stereocenters. The van der Waals surface area contributed by atoms with Crippen LogP contribution in [0.4, 0.5) is 13.2 Å². The lowest BCUT2D eigenvalue weighted by molar-refractivity contribution is -0.137. The van der Waals surface area contributed by atoms with Crippen LogP contribution in [-0.4, -0.2) is 27.6 Å². The molecule has 3 rings (SSSR count). The van der Waals surface area contributed by atoms with E-state index in [1.165, 1.54) is 24.4 Å². The summed E-state index contributed by atoms with van der Waals surface area (Å²) in [5, 5.41) is 19.3. The first-order chi connectivity index (χ1) is 13.2. The molecule has 0 saturated carbocycles. The number of carbonyl (C=O) groups is 1. The largest absolute Gasteiger partial charge is 0.508 e. The van der Waals surface area contributed by atoms with Gasteiger partial charge in [0.2, 0.25) is 5.91 Å². The van der Waals surface area contributed by atoms with Gasteiger partial charge in [-0.3, -0.25) is 4.79 Å². The predicted molar refractivity (Wildman–Crippen MR) is 103 cm³/mol. The Balaban J connectivity index is 1.69. The number of phenols is 1. The lowest BCUT2D eigenvalue weighted by atomic mass is 10.1. The van der Waals surface area contributed by atoms with E-state index in [-0.39, 0.29) is 33.8 Å². The fourth-order valence-electron chi connectivity index (χ4n) is 2.40. The molecule has 0 bridgehead atoms.